The molecule has 0 radical (unpaired) electrons. The molecule has 0 spiro atoms. The van der Waals surface area contributed by atoms with Gasteiger partial charge in [0.2, 0.25) is 5.82 Å². The van der Waals surface area contributed by atoms with Gasteiger partial charge in [-0.25, -0.2) is 14.1 Å². The summed E-state index contributed by atoms with van der Waals surface area (Å²) in [4.78, 5) is 23.9. The molecule has 1 aliphatic heterocycles. The van der Waals surface area contributed by atoms with Crippen LogP contribution >= 0.6 is 24.0 Å². The number of nitrogens with one attached hydrogen (secondary N) is 1. The fourth-order valence-corrected chi connectivity index (χ4v) is 3.86. The Labute approximate surface area is 203 Å². The highest BCUT2D eigenvalue weighted by molar-refractivity contribution is 6.31. The molecule has 7 nitrogen and oxygen atoms in total. The first-order valence-corrected chi connectivity index (χ1v) is 11.0. The summed E-state index contributed by atoms with van der Waals surface area (Å²) in [5.41, 5.74) is 2.10. The Hall–Kier alpha value is -2.81. The van der Waals surface area contributed by atoms with Crippen molar-refractivity contribution in [2.24, 2.45) is 4.99 Å². The van der Waals surface area contributed by atoms with Crippen LogP contribution < -0.4 is 5.32 Å². The lowest BCUT2D eigenvalue weighted by molar-refractivity contribution is 0.0938. The highest BCUT2D eigenvalue weighted by Gasteiger charge is 2.25. The van der Waals surface area contributed by atoms with Gasteiger partial charge in [-0.2, -0.15) is 0 Å². The molecule has 0 unspecified atom stereocenters. The average Bonchev–Trinajstić information content (AvgIpc) is 3.16. The van der Waals surface area contributed by atoms with Crippen LogP contribution in [0.4, 0.5) is 4.39 Å². The number of halogens is 3. The average molecular weight is 491 g/mol. The van der Waals surface area contributed by atoms with Crippen molar-refractivity contribution in [2.45, 2.75) is 20.4 Å². The summed E-state index contributed by atoms with van der Waals surface area (Å²) in [6.07, 6.45) is 0. The van der Waals surface area contributed by atoms with Crippen molar-refractivity contribution in [2.75, 3.05) is 26.2 Å². The molecule has 3 aromatic rings. The molecule has 1 amide bonds. The third kappa shape index (κ3) is 5.24. The van der Waals surface area contributed by atoms with E-state index in [1.54, 1.807) is 41.1 Å². The van der Waals surface area contributed by atoms with E-state index in [0.717, 1.165) is 19.6 Å². The van der Waals surface area contributed by atoms with E-state index >= 15 is 0 Å². The summed E-state index contributed by atoms with van der Waals surface area (Å²) >= 11 is 6.25. The first-order chi connectivity index (χ1) is 15.5. The number of likely N-dealkylation sites (N-methyl/N-ethyl adjacent to an activating group) is 1. The van der Waals surface area contributed by atoms with Crippen molar-refractivity contribution < 1.29 is 9.18 Å². The van der Waals surface area contributed by atoms with Gasteiger partial charge in [0.05, 0.1) is 17.9 Å². The van der Waals surface area contributed by atoms with Crippen LogP contribution in [0.2, 0.25) is 5.02 Å². The Morgan fingerprint density at radius 1 is 1.18 bits per heavy atom. The third-order valence-corrected chi connectivity index (χ3v) is 5.67. The molecule has 0 fully saturated rings. The van der Waals surface area contributed by atoms with Gasteiger partial charge in [0.1, 0.15) is 5.82 Å². The van der Waals surface area contributed by atoms with Crippen LogP contribution in [-0.2, 0) is 6.54 Å². The molecule has 33 heavy (non-hydrogen) atoms. The fraction of sp³-hybridized carbons (Fsp3) is 0.304. The Morgan fingerprint density at radius 3 is 2.67 bits per heavy atom. The van der Waals surface area contributed by atoms with Gasteiger partial charge in [-0.05, 0) is 43.4 Å². The van der Waals surface area contributed by atoms with E-state index in [0.29, 0.717) is 39.9 Å². The van der Waals surface area contributed by atoms with E-state index < -0.39 is 0 Å². The zero-order valence-electron chi connectivity index (χ0n) is 18.4. The van der Waals surface area contributed by atoms with Crippen molar-refractivity contribution in [1.29, 1.82) is 0 Å². The number of fused-ring (bicyclic) bond motifs is 3. The second-order valence-electron chi connectivity index (χ2n) is 7.35. The predicted octanol–water partition coefficient (Wildman–Crippen LogP) is 3.90. The minimum Gasteiger partial charge on any atom is -0.348 e. The lowest BCUT2D eigenvalue weighted by Crippen LogP contribution is -2.35. The molecule has 0 aliphatic carbocycles. The summed E-state index contributed by atoms with van der Waals surface area (Å²) in [6.45, 7) is 7.42. The normalized spacial score (nSPS) is 12.3. The van der Waals surface area contributed by atoms with Gasteiger partial charge in [-0.15, -0.1) is 17.5 Å². The van der Waals surface area contributed by atoms with Crippen molar-refractivity contribution >= 4 is 35.6 Å². The van der Waals surface area contributed by atoms with Gasteiger partial charge in [0, 0.05) is 29.2 Å². The number of amides is 1. The standard InChI is InChI=1S/C23H24ClFN6O.ClH/c1-3-30(4-2)12-11-26-23(32)22-28-20-14-27-21(16-7-5-6-8-18(16)25)17-13-15(24)9-10-19(17)31(20)29-22;/h5-10,13H,3-4,11-12,14H2,1-2H3,(H,26,32);1H. The molecule has 2 heterocycles. The molecule has 0 saturated carbocycles. The van der Waals surface area contributed by atoms with Crippen LogP contribution in [0, 0.1) is 5.82 Å². The zero-order chi connectivity index (χ0) is 22.7. The molecule has 174 valence electrons. The number of carbonyl (C=O) groups is 1. The van der Waals surface area contributed by atoms with E-state index in [1.165, 1.54) is 6.07 Å². The van der Waals surface area contributed by atoms with Gasteiger partial charge >= 0.3 is 0 Å². The number of aliphatic imine (C=N–C) groups is 1. The van der Waals surface area contributed by atoms with Crippen LogP contribution in [0.25, 0.3) is 5.69 Å². The van der Waals surface area contributed by atoms with Crippen molar-refractivity contribution in [1.82, 2.24) is 25.0 Å². The predicted molar refractivity (Wildman–Crippen MR) is 129 cm³/mol. The summed E-state index contributed by atoms with van der Waals surface area (Å²) in [5, 5.41) is 7.80. The quantitative estimate of drug-likeness (QED) is 0.544. The molecule has 1 aromatic heterocycles. The van der Waals surface area contributed by atoms with Gasteiger partial charge in [-0.1, -0.05) is 37.6 Å². The molecule has 1 N–H and O–H groups in total. The molecular formula is C23H25Cl2FN6O. The maximum atomic E-state index is 14.5. The fourth-order valence-electron chi connectivity index (χ4n) is 3.68. The Balaban J connectivity index is 0.00000306. The number of carbonyl (C=O) groups excluding carboxylic acids is 1. The lowest BCUT2D eigenvalue weighted by Gasteiger charge is -2.17. The molecule has 1 aliphatic rings. The first kappa shape index (κ1) is 24.8. The third-order valence-electron chi connectivity index (χ3n) is 5.43. The number of benzene rings is 2. The maximum absolute atomic E-state index is 14.5. The minimum atomic E-state index is -0.377. The smallest absolute Gasteiger partial charge is 0.291 e. The lowest BCUT2D eigenvalue weighted by atomic mass is 10.00. The minimum absolute atomic E-state index is 0. The van der Waals surface area contributed by atoms with Gasteiger partial charge in [0.25, 0.3) is 5.91 Å². The second kappa shape index (κ2) is 10.9. The molecule has 0 atom stereocenters. The van der Waals surface area contributed by atoms with Crippen LogP contribution in [0.3, 0.4) is 0 Å². The van der Waals surface area contributed by atoms with E-state index in [9.17, 15) is 9.18 Å². The summed E-state index contributed by atoms with van der Waals surface area (Å²) in [5.74, 6) is -0.150. The molecule has 2 aromatic carbocycles. The maximum Gasteiger partial charge on any atom is 0.291 e. The topological polar surface area (TPSA) is 75.4 Å². The number of rotatable bonds is 7. The highest BCUT2D eigenvalue weighted by atomic mass is 35.5. The van der Waals surface area contributed by atoms with Gasteiger partial charge in [0.15, 0.2) is 5.82 Å². The number of nitrogens with zero attached hydrogens (tertiary/aromatic N) is 5. The van der Waals surface area contributed by atoms with E-state index in [2.05, 4.69) is 39.1 Å². The number of hydrogen-bond acceptors (Lipinski definition) is 5. The molecule has 4 rings (SSSR count). The zero-order valence-corrected chi connectivity index (χ0v) is 20.0. The van der Waals surface area contributed by atoms with E-state index in [1.807, 2.05) is 0 Å². The SMILES string of the molecule is CCN(CC)CCNC(=O)c1nc2n(n1)-c1ccc(Cl)cc1C(c1ccccc1F)=NC2.Cl. The summed E-state index contributed by atoms with van der Waals surface area (Å²) in [7, 11) is 0. The number of hydrogen-bond donors (Lipinski definition) is 1. The molecule has 0 bridgehead atoms. The highest BCUT2D eigenvalue weighted by Crippen LogP contribution is 2.27. The van der Waals surface area contributed by atoms with Crippen molar-refractivity contribution in [3.63, 3.8) is 0 Å². The van der Waals surface area contributed by atoms with Crippen LogP contribution in [0.1, 0.15) is 41.4 Å². The van der Waals surface area contributed by atoms with Crippen LogP contribution in [-0.4, -0.2) is 57.5 Å². The molecular weight excluding hydrogens is 466 g/mol. The van der Waals surface area contributed by atoms with Gasteiger partial charge in [-0.3, -0.25) is 9.79 Å². The monoisotopic (exact) mass is 490 g/mol. The summed E-state index contributed by atoms with van der Waals surface area (Å²) < 4.78 is 16.1. The van der Waals surface area contributed by atoms with Crippen molar-refractivity contribution in [3.05, 3.63) is 76.1 Å². The second-order valence-corrected chi connectivity index (χ2v) is 7.79. The van der Waals surface area contributed by atoms with E-state index in [-0.39, 0.29) is 36.5 Å². The first-order valence-electron chi connectivity index (χ1n) is 10.6. The van der Waals surface area contributed by atoms with E-state index in [4.69, 9.17) is 11.6 Å². The Kier molecular flexibility index (Phi) is 8.18. The Bertz CT molecular complexity index is 1180. The largest absolute Gasteiger partial charge is 0.348 e. The van der Waals surface area contributed by atoms with Crippen LogP contribution in [0.5, 0.6) is 0 Å². The van der Waals surface area contributed by atoms with Crippen molar-refractivity contribution in [3.8, 4) is 5.69 Å². The van der Waals surface area contributed by atoms with Crippen LogP contribution in [0.15, 0.2) is 47.5 Å². The molecule has 0 saturated heterocycles. The van der Waals surface area contributed by atoms with Gasteiger partial charge < -0.3 is 10.2 Å². The number of aromatic nitrogens is 3. The summed E-state index contributed by atoms with van der Waals surface area (Å²) in [6, 6.07) is 11.7. The Morgan fingerprint density at radius 2 is 1.94 bits per heavy atom. The molecule has 10 heteroatoms.